The largest absolute Gasteiger partial charge is 0.478 e. The summed E-state index contributed by atoms with van der Waals surface area (Å²) in [6, 6.07) is 6.47. The molecule has 104 valence electrons. The number of benzene rings is 1. The van der Waals surface area contributed by atoms with Crippen molar-refractivity contribution in [2.24, 2.45) is 5.73 Å². The summed E-state index contributed by atoms with van der Waals surface area (Å²) in [5.74, 6) is -1.21. The van der Waals surface area contributed by atoms with Crippen LogP contribution in [0.15, 0.2) is 24.3 Å². The highest BCUT2D eigenvalue weighted by atomic mass is 16.4. The van der Waals surface area contributed by atoms with E-state index in [9.17, 15) is 9.59 Å². The molecule has 1 unspecified atom stereocenters. The van der Waals surface area contributed by atoms with Crippen LogP contribution in [0.25, 0.3) is 0 Å². The first-order valence-electron chi connectivity index (χ1n) is 6.26. The Labute approximate surface area is 112 Å². The van der Waals surface area contributed by atoms with Crippen LogP contribution in [0.5, 0.6) is 0 Å². The Kier molecular flexibility index (Phi) is 5.06. The minimum Gasteiger partial charge on any atom is -0.478 e. The van der Waals surface area contributed by atoms with Crippen LogP contribution >= 0.6 is 0 Å². The maximum absolute atomic E-state index is 11.9. The highest BCUT2D eigenvalue weighted by Gasteiger charge is 2.26. The second-order valence-electron chi connectivity index (χ2n) is 4.86. The molecule has 0 saturated heterocycles. The Balaban J connectivity index is 2.64. The van der Waals surface area contributed by atoms with E-state index in [4.69, 9.17) is 10.8 Å². The van der Waals surface area contributed by atoms with Crippen LogP contribution in [0.4, 0.5) is 0 Å². The first kappa shape index (κ1) is 15.2. The third-order valence-corrected chi connectivity index (χ3v) is 2.92. The van der Waals surface area contributed by atoms with E-state index >= 15 is 0 Å². The van der Waals surface area contributed by atoms with Gasteiger partial charge in [0, 0.05) is 6.54 Å². The average molecular weight is 264 g/mol. The quantitative estimate of drug-likeness (QED) is 0.726. The lowest BCUT2D eigenvalue weighted by Crippen LogP contribution is -2.51. The van der Waals surface area contributed by atoms with E-state index in [0.29, 0.717) is 6.42 Å². The van der Waals surface area contributed by atoms with Crippen LogP contribution in [0.1, 0.15) is 42.6 Å². The molecule has 0 saturated carbocycles. The molecule has 5 heteroatoms. The van der Waals surface area contributed by atoms with E-state index in [0.717, 1.165) is 12.0 Å². The summed E-state index contributed by atoms with van der Waals surface area (Å²) in [5, 5.41) is 11.6. The van der Waals surface area contributed by atoms with Crippen molar-refractivity contribution in [1.29, 1.82) is 0 Å². The average Bonchev–Trinajstić information content (AvgIpc) is 2.36. The van der Waals surface area contributed by atoms with Gasteiger partial charge in [-0.05, 0) is 31.0 Å². The van der Waals surface area contributed by atoms with E-state index in [1.54, 1.807) is 19.1 Å². The van der Waals surface area contributed by atoms with Crippen LogP contribution in [-0.4, -0.2) is 22.5 Å². The summed E-state index contributed by atoms with van der Waals surface area (Å²) in [4.78, 5) is 22.7. The fourth-order valence-corrected chi connectivity index (χ4v) is 1.83. The van der Waals surface area contributed by atoms with Crippen molar-refractivity contribution in [2.75, 3.05) is 0 Å². The van der Waals surface area contributed by atoms with Gasteiger partial charge < -0.3 is 16.2 Å². The molecular weight excluding hydrogens is 244 g/mol. The lowest BCUT2D eigenvalue weighted by molar-refractivity contribution is -0.126. The minimum atomic E-state index is -0.983. The topological polar surface area (TPSA) is 92.4 Å². The van der Waals surface area contributed by atoms with Gasteiger partial charge in [0.2, 0.25) is 5.91 Å². The zero-order valence-corrected chi connectivity index (χ0v) is 11.3. The lowest BCUT2D eigenvalue weighted by atomic mass is 9.96. The number of carbonyl (C=O) groups excluding carboxylic acids is 1. The number of amides is 1. The van der Waals surface area contributed by atoms with E-state index in [1.165, 1.54) is 12.1 Å². The fraction of sp³-hybridized carbons (Fsp3) is 0.429. The van der Waals surface area contributed by atoms with Crippen molar-refractivity contribution in [2.45, 2.75) is 38.8 Å². The van der Waals surface area contributed by atoms with Gasteiger partial charge in [-0.2, -0.15) is 0 Å². The summed E-state index contributed by atoms with van der Waals surface area (Å²) >= 11 is 0. The standard InChI is InChI=1S/C14H20N2O3/c1-3-7-14(2,15)13(19)16-9-10-5-4-6-11(8-10)12(17)18/h4-6,8H,3,7,9,15H2,1-2H3,(H,16,19)(H,17,18). The first-order chi connectivity index (χ1) is 8.86. The Hall–Kier alpha value is -1.88. The van der Waals surface area contributed by atoms with E-state index in [2.05, 4.69) is 5.32 Å². The number of carbonyl (C=O) groups is 2. The molecule has 19 heavy (non-hydrogen) atoms. The predicted molar refractivity (Wildman–Crippen MR) is 72.7 cm³/mol. The van der Waals surface area contributed by atoms with Gasteiger partial charge in [0.1, 0.15) is 0 Å². The van der Waals surface area contributed by atoms with Crippen LogP contribution in [0.3, 0.4) is 0 Å². The molecule has 0 aliphatic heterocycles. The molecule has 1 amide bonds. The molecule has 4 N–H and O–H groups in total. The third-order valence-electron chi connectivity index (χ3n) is 2.92. The van der Waals surface area contributed by atoms with Gasteiger partial charge in [-0.1, -0.05) is 25.5 Å². The molecular formula is C14H20N2O3. The minimum absolute atomic E-state index is 0.204. The second-order valence-corrected chi connectivity index (χ2v) is 4.86. The summed E-state index contributed by atoms with van der Waals surface area (Å²) in [6.45, 7) is 3.94. The molecule has 0 aliphatic rings. The molecule has 0 aliphatic carbocycles. The van der Waals surface area contributed by atoms with Gasteiger partial charge in [0.05, 0.1) is 11.1 Å². The van der Waals surface area contributed by atoms with E-state index in [-0.39, 0.29) is 18.0 Å². The molecule has 0 aromatic heterocycles. The molecule has 1 atom stereocenters. The van der Waals surface area contributed by atoms with Gasteiger partial charge in [0.25, 0.3) is 0 Å². The van der Waals surface area contributed by atoms with Crippen molar-refractivity contribution >= 4 is 11.9 Å². The van der Waals surface area contributed by atoms with Crippen molar-refractivity contribution in [3.05, 3.63) is 35.4 Å². The van der Waals surface area contributed by atoms with Gasteiger partial charge in [-0.3, -0.25) is 4.79 Å². The van der Waals surface area contributed by atoms with Crippen LogP contribution in [0.2, 0.25) is 0 Å². The van der Waals surface area contributed by atoms with Crippen molar-refractivity contribution < 1.29 is 14.7 Å². The van der Waals surface area contributed by atoms with Crippen molar-refractivity contribution in [3.8, 4) is 0 Å². The predicted octanol–water partition coefficient (Wildman–Crippen LogP) is 1.52. The number of nitrogens with two attached hydrogens (primary N) is 1. The Morgan fingerprint density at radius 3 is 2.68 bits per heavy atom. The summed E-state index contributed by atoms with van der Waals surface area (Å²) < 4.78 is 0. The molecule has 0 bridgehead atoms. The summed E-state index contributed by atoms with van der Waals surface area (Å²) in [7, 11) is 0. The molecule has 1 aromatic rings. The monoisotopic (exact) mass is 264 g/mol. The van der Waals surface area contributed by atoms with Crippen molar-refractivity contribution in [3.63, 3.8) is 0 Å². The SMILES string of the molecule is CCCC(C)(N)C(=O)NCc1cccc(C(=O)O)c1. The number of hydrogen-bond acceptors (Lipinski definition) is 3. The number of nitrogens with one attached hydrogen (secondary N) is 1. The molecule has 0 spiro atoms. The van der Waals surface area contributed by atoms with Crippen molar-refractivity contribution in [1.82, 2.24) is 5.32 Å². The lowest BCUT2D eigenvalue weighted by Gasteiger charge is -2.22. The number of carboxylic acids is 1. The zero-order valence-electron chi connectivity index (χ0n) is 11.3. The third kappa shape index (κ3) is 4.37. The molecule has 0 radical (unpaired) electrons. The van der Waals surface area contributed by atoms with Crippen LogP contribution in [0, 0.1) is 0 Å². The zero-order chi connectivity index (χ0) is 14.5. The summed E-state index contributed by atoms with van der Waals surface area (Å²) in [6.07, 6.45) is 1.43. The summed E-state index contributed by atoms with van der Waals surface area (Å²) in [5.41, 5.74) is 5.96. The highest BCUT2D eigenvalue weighted by molar-refractivity contribution is 5.88. The first-order valence-corrected chi connectivity index (χ1v) is 6.26. The molecule has 1 aromatic carbocycles. The number of aromatic carboxylic acids is 1. The Bertz CT molecular complexity index is 470. The Morgan fingerprint density at radius 2 is 2.11 bits per heavy atom. The number of hydrogen-bond donors (Lipinski definition) is 3. The second kappa shape index (κ2) is 6.33. The molecule has 0 fully saturated rings. The molecule has 5 nitrogen and oxygen atoms in total. The van der Waals surface area contributed by atoms with Crippen LogP contribution in [-0.2, 0) is 11.3 Å². The molecule has 0 heterocycles. The highest BCUT2D eigenvalue weighted by Crippen LogP contribution is 2.10. The normalized spacial score (nSPS) is 13.6. The number of rotatable bonds is 6. The number of carboxylic acid groups (broad SMARTS) is 1. The van der Waals surface area contributed by atoms with Gasteiger partial charge in [-0.15, -0.1) is 0 Å². The van der Waals surface area contributed by atoms with Gasteiger partial charge in [0.15, 0.2) is 0 Å². The molecule has 1 rings (SSSR count). The van der Waals surface area contributed by atoms with E-state index in [1.807, 2.05) is 6.92 Å². The van der Waals surface area contributed by atoms with Gasteiger partial charge in [-0.25, -0.2) is 4.79 Å². The van der Waals surface area contributed by atoms with Crippen LogP contribution < -0.4 is 11.1 Å². The maximum atomic E-state index is 11.9. The van der Waals surface area contributed by atoms with E-state index < -0.39 is 11.5 Å². The maximum Gasteiger partial charge on any atom is 0.335 e. The van der Waals surface area contributed by atoms with Gasteiger partial charge >= 0.3 is 5.97 Å². The fourth-order valence-electron chi connectivity index (χ4n) is 1.83. The Morgan fingerprint density at radius 1 is 1.42 bits per heavy atom. The smallest absolute Gasteiger partial charge is 0.335 e.